The molecule has 0 unspecified atom stereocenters. The third kappa shape index (κ3) is 2450. The first-order valence-electron chi connectivity index (χ1n) is 2.17. The van der Waals surface area contributed by atoms with Gasteiger partial charge in [-0.1, -0.05) is 11.6 Å². The lowest BCUT2D eigenvalue weighted by Crippen LogP contribution is -1.89. The van der Waals surface area contributed by atoms with Crippen molar-refractivity contribution in [2.75, 3.05) is 0 Å². The summed E-state index contributed by atoms with van der Waals surface area (Å²) in [5.74, 6) is -2.69. The standard InChI is InChI=1S/CBrClF2.CClF3.CHClF2/c2*2-1(3,4)5;2-1(3)4/h;;1H. The van der Waals surface area contributed by atoms with Crippen LogP contribution in [0.5, 0.6) is 0 Å². The van der Waals surface area contributed by atoms with Gasteiger partial charge in [0.15, 0.2) is 0 Å². The van der Waals surface area contributed by atoms with Crippen molar-refractivity contribution in [3.63, 3.8) is 0 Å². The summed E-state index contributed by atoms with van der Waals surface area (Å²) >= 11 is 13.4. The molecule has 0 aliphatic heterocycles. The van der Waals surface area contributed by atoms with Crippen molar-refractivity contribution in [3.05, 3.63) is 0 Å². The van der Waals surface area contributed by atoms with Gasteiger partial charge in [0.1, 0.15) is 0 Å². The van der Waals surface area contributed by atoms with Crippen LogP contribution in [0.1, 0.15) is 0 Å². The third-order valence-corrected chi connectivity index (χ3v) is 0. The molecule has 0 aromatic heterocycles. The molecular formula is C3HBrCl3F7. The van der Waals surface area contributed by atoms with Crippen LogP contribution in [0.25, 0.3) is 0 Å². The molecule has 0 N–H and O–H groups in total. The maximum absolute atomic E-state index is 10.7. The molecule has 0 nitrogen and oxygen atoms in total. The smallest absolute Gasteiger partial charge is 0.192 e. The van der Waals surface area contributed by atoms with E-state index in [1.54, 1.807) is 0 Å². The Morgan fingerprint density at radius 2 is 0.929 bits per heavy atom. The molecule has 0 saturated carbocycles. The first-order valence-corrected chi connectivity index (χ1v) is 4.15. The Balaban J connectivity index is -0.000000131. The molecule has 0 heterocycles. The molecule has 0 aromatic carbocycles. The summed E-state index contributed by atoms with van der Waals surface area (Å²) in [5.41, 5.74) is -4.53. The van der Waals surface area contributed by atoms with E-state index >= 15 is 0 Å². The van der Waals surface area contributed by atoms with Crippen molar-refractivity contribution in [3.8, 4) is 0 Å². The zero-order chi connectivity index (χ0) is 12.6. The zero-order valence-electron chi connectivity index (χ0n) is 5.73. The molecule has 0 aromatic rings. The molecule has 0 rings (SSSR count). The van der Waals surface area contributed by atoms with Crippen LogP contribution in [0.15, 0.2) is 0 Å². The van der Waals surface area contributed by atoms with Crippen molar-refractivity contribution >= 4 is 50.7 Å². The van der Waals surface area contributed by atoms with Gasteiger partial charge in [-0.05, 0) is 23.2 Å². The van der Waals surface area contributed by atoms with E-state index in [4.69, 9.17) is 0 Å². The minimum absolute atomic E-state index is 1.81. The molecule has 0 radical (unpaired) electrons. The summed E-state index contributed by atoms with van der Waals surface area (Å²) in [6.07, 6.45) is 0. The van der Waals surface area contributed by atoms with Crippen LogP contribution in [0, 0.1) is 0 Å². The lowest BCUT2D eigenvalue weighted by Gasteiger charge is -1.87. The third-order valence-electron chi connectivity index (χ3n) is 0. The zero-order valence-corrected chi connectivity index (χ0v) is 9.59. The summed E-state index contributed by atoms with van der Waals surface area (Å²) in [5, 5.41) is 0. The lowest BCUT2D eigenvalue weighted by molar-refractivity contribution is -0.0420. The van der Waals surface area contributed by atoms with Gasteiger partial charge in [0.25, 0.3) is 0 Å². The van der Waals surface area contributed by atoms with E-state index in [9.17, 15) is 30.7 Å². The summed E-state index contributed by atoms with van der Waals surface area (Å²) in [4.78, 5) is 0. The SMILES string of the molecule is FC(F)(Cl)Br.FC(F)(F)Cl.FC(F)Cl. The number of rotatable bonds is 0. The lowest BCUT2D eigenvalue weighted by atomic mass is 11.6. The Bertz CT molecular complexity index is 93.6. The molecule has 0 amide bonds. The second-order valence-electron chi connectivity index (χ2n) is 1.10. The van der Waals surface area contributed by atoms with Crippen LogP contribution >= 0.6 is 50.7 Å². The van der Waals surface area contributed by atoms with Crippen molar-refractivity contribution in [1.29, 1.82) is 0 Å². The van der Waals surface area contributed by atoms with E-state index in [-0.39, 0.29) is 0 Å². The Hall–Kier alpha value is 0.860. The van der Waals surface area contributed by atoms with Crippen LogP contribution in [0.4, 0.5) is 30.7 Å². The van der Waals surface area contributed by atoms with Gasteiger partial charge in [0.2, 0.25) is 0 Å². The van der Waals surface area contributed by atoms with Gasteiger partial charge in [-0.3, -0.25) is 0 Å². The van der Waals surface area contributed by atoms with Gasteiger partial charge in [-0.2, -0.15) is 30.7 Å². The maximum Gasteiger partial charge on any atom is 0.475 e. The highest BCUT2D eigenvalue weighted by molar-refractivity contribution is 9.10. The highest BCUT2D eigenvalue weighted by atomic mass is 79.9. The first kappa shape index (κ1) is 20.3. The normalized spacial score (nSPS) is 11.1. The van der Waals surface area contributed by atoms with Crippen molar-refractivity contribution in [2.45, 2.75) is 15.8 Å². The van der Waals surface area contributed by atoms with E-state index in [1.165, 1.54) is 0 Å². The number of alkyl halides is 11. The van der Waals surface area contributed by atoms with E-state index in [0.717, 1.165) is 0 Å². The molecule has 0 spiro atoms. The molecule has 0 fully saturated rings. The predicted octanol–water partition coefficient (Wildman–Crippen LogP) is 5.36. The van der Waals surface area contributed by atoms with Gasteiger partial charge in [0.05, 0.1) is 0 Å². The molecule has 11 heteroatoms. The van der Waals surface area contributed by atoms with Gasteiger partial charge >= 0.3 is 15.8 Å². The van der Waals surface area contributed by atoms with Crippen LogP contribution in [-0.2, 0) is 0 Å². The minimum Gasteiger partial charge on any atom is -0.192 e. The van der Waals surface area contributed by atoms with E-state index in [0.29, 0.717) is 0 Å². The first-order chi connectivity index (χ1) is 5.73. The van der Waals surface area contributed by atoms with Gasteiger partial charge in [0, 0.05) is 15.9 Å². The van der Waals surface area contributed by atoms with Gasteiger partial charge in [-0.15, -0.1) is 0 Å². The molecule has 0 atom stereocenters. The Kier molecular flexibility index (Phi) is 13.2. The van der Waals surface area contributed by atoms with Crippen molar-refractivity contribution < 1.29 is 30.7 Å². The van der Waals surface area contributed by atoms with E-state index in [2.05, 4.69) is 34.8 Å². The topological polar surface area (TPSA) is 0 Å². The van der Waals surface area contributed by atoms with Crippen molar-refractivity contribution in [2.24, 2.45) is 0 Å². The van der Waals surface area contributed by atoms with E-state index < -0.39 is 15.8 Å². The van der Waals surface area contributed by atoms with Gasteiger partial charge in [-0.25, -0.2) is 0 Å². The second kappa shape index (κ2) is 9.11. The fraction of sp³-hybridized carbons (Fsp3) is 1.00. The fourth-order valence-corrected chi connectivity index (χ4v) is 0. The van der Waals surface area contributed by atoms with Crippen LogP contribution < -0.4 is 0 Å². The summed E-state index contributed by atoms with van der Waals surface area (Å²) < 4.78 is 68.7. The Morgan fingerprint density at radius 3 is 0.929 bits per heavy atom. The summed E-state index contributed by atoms with van der Waals surface area (Å²) in [7, 11) is 0. The second-order valence-corrected chi connectivity index (χ2v) is 3.79. The van der Waals surface area contributed by atoms with Crippen molar-refractivity contribution in [1.82, 2.24) is 0 Å². The van der Waals surface area contributed by atoms with Crippen LogP contribution in [0.3, 0.4) is 0 Å². The Morgan fingerprint density at radius 1 is 0.929 bits per heavy atom. The van der Waals surface area contributed by atoms with Crippen LogP contribution in [0.2, 0.25) is 0 Å². The molecule has 14 heavy (non-hydrogen) atoms. The Labute approximate surface area is 97.4 Å². The summed E-state index contributed by atoms with van der Waals surface area (Å²) in [6, 6.07) is 0. The molecule has 0 saturated heterocycles. The average Bonchev–Trinajstić information content (AvgIpc) is 1.45. The highest BCUT2D eigenvalue weighted by Crippen LogP contribution is 2.25. The number of hydrogen-bond donors (Lipinski definition) is 0. The predicted molar refractivity (Wildman–Crippen MR) is 43.5 cm³/mol. The summed E-state index contributed by atoms with van der Waals surface area (Å²) in [6.45, 7) is 0. The quantitative estimate of drug-likeness (QED) is 0.405. The fourth-order valence-electron chi connectivity index (χ4n) is 0. The maximum atomic E-state index is 10.7. The van der Waals surface area contributed by atoms with Crippen LogP contribution in [-0.4, -0.2) is 15.8 Å². The highest BCUT2D eigenvalue weighted by Gasteiger charge is 2.20. The number of hydrogen-bond acceptors (Lipinski definition) is 0. The average molecular weight is 356 g/mol. The monoisotopic (exact) mass is 354 g/mol. The molecular weight excluding hydrogens is 355 g/mol. The largest absolute Gasteiger partial charge is 0.475 e. The number of halogens is 11. The minimum atomic E-state index is -4.53. The molecule has 0 aliphatic carbocycles. The molecule has 0 bridgehead atoms. The van der Waals surface area contributed by atoms with E-state index in [1.807, 2.05) is 15.9 Å². The van der Waals surface area contributed by atoms with Gasteiger partial charge < -0.3 is 0 Å². The molecule has 0 aliphatic rings. The molecule has 90 valence electrons.